The van der Waals surface area contributed by atoms with Crippen molar-refractivity contribution in [1.29, 1.82) is 0 Å². The molecular formula is C17H31N5O8. The Balaban J connectivity index is 5.24. The van der Waals surface area contributed by atoms with Gasteiger partial charge >= 0.3 is 11.9 Å². The van der Waals surface area contributed by atoms with Crippen LogP contribution in [0.4, 0.5) is 0 Å². The average Bonchev–Trinajstić information content (AvgIpc) is 2.67. The monoisotopic (exact) mass is 433 g/mol. The van der Waals surface area contributed by atoms with Gasteiger partial charge in [-0.25, -0.2) is 4.79 Å². The van der Waals surface area contributed by atoms with E-state index in [1.165, 1.54) is 6.92 Å². The highest BCUT2D eigenvalue weighted by molar-refractivity contribution is 5.94. The van der Waals surface area contributed by atoms with Crippen molar-refractivity contribution in [3.8, 4) is 0 Å². The van der Waals surface area contributed by atoms with E-state index in [9.17, 15) is 34.2 Å². The molecule has 4 unspecified atom stereocenters. The summed E-state index contributed by atoms with van der Waals surface area (Å²) in [7, 11) is 0. The van der Waals surface area contributed by atoms with E-state index in [4.69, 9.17) is 16.6 Å². The fourth-order valence-corrected chi connectivity index (χ4v) is 2.33. The summed E-state index contributed by atoms with van der Waals surface area (Å²) in [6, 6.07) is -5.03. The number of carboxylic acids is 2. The lowest BCUT2D eigenvalue weighted by Gasteiger charge is -2.24. The van der Waals surface area contributed by atoms with Gasteiger partial charge in [-0.05, 0) is 39.2 Å². The van der Waals surface area contributed by atoms with Gasteiger partial charge in [-0.15, -0.1) is 0 Å². The van der Waals surface area contributed by atoms with Crippen LogP contribution in [0.15, 0.2) is 0 Å². The summed E-state index contributed by atoms with van der Waals surface area (Å²) >= 11 is 0. The van der Waals surface area contributed by atoms with E-state index in [0.29, 0.717) is 19.4 Å². The van der Waals surface area contributed by atoms with Gasteiger partial charge in [0.1, 0.15) is 18.1 Å². The highest BCUT2D eigenvalue weighted by Gasteiger charge is 2.29. The van der Waals surface area contributed by atoms with Crippen molar-refractivity contribution in [2.24, 2.45) is 11.5 Å². The zero-order valence-corrected chi connectivity index (χ0v) is 16.8. The van der Waals surface area contributed by atoms with Crippen LogP contribution in [-0.2, 0) is 24.0 Å². The quantitative estimate of drug-likeness (QED) is 0.121. The minimum atomic E-state index is -1.43. The number of aliphatic hydroxyl groups excluding tert-OH is 1. The number of unbranched alkanes of at least 4 members (excludes halogenated alkanes) is 1. The molecule has 0 aromatic rings. The Hall–Kier alpha value is -2.77. The molecule has 0 fully saturated rings. The predicted octanol–water partition coefficient (Wildman–Crippen LogP) is -3.14. The van der Waals surface area contributed by atoms with Crippen LogP contribution in [-0.4, -0.2) is 82.3 Å². The number of carboxylic acid groups (broad SMARTS) is 2. The number of hydrogen-bond acceptors (Lipinski definition) is 8. The Bertz CT molecular complexity index is 613. The minimum absolute atomic E-state index is 0.0988. The molecule has 0 aromatic carbocycles. The van der Waals surface area contributed by atoms with Crippen molar-refractivity contribution in [1.82, 2.24) is 16.0 Å². The van der Waals surface area contributed by atoms with Crippen molar-refractivity contribution >= 4 is 29.7 Å². The minimum Gasteiger partial charge on any atom is -0.481 e. The molecular weight excluding hydrogens is 402 g/mol. The maximum Gasteiger partial charge on any atom is 0.326 e. The molecule has 0 saturated carbocycles. The molecule has 0 aliphatic carbocycles. The number of amides is 3. The Morgan fingerprint density at radius 2 is 1.37 bits per heavy atom. The maximum absolute atomic E-state index is 12.5. The molecule has 0 rings (SSSR count). The molecule has 0 aliphatic heterocycles. The second-order valence-electron chi connectivity index (χ2n) is 6.71. The van der Waals surface area contributed by atoms with Gasteiger partial charge in [-0.2, -0.15) is 0 Å². The summed E-state index contributed by atoms with van der Waals surface area (Å²) in [6.07, 6.45) is 0.272. The van der Waals surface area contributed by atoms with E-state index in [2.05, 4.69) is 16.0 Å². The number of carbonyl (C=O) groups excluding carboxylic acids is 3. The summed E-state index contributed by atoms with van der Waals surface area (Å²) in [6.45, 7) is 0.920. The third-order valence-corrected chi connectivity index (χ3v) is 4.07. The number of aliphatic carboxylic acids is 2. The summed E-state index contributed by atoms with van der Waals surface area (Å²) < 4.78 is 0. The Morgan fingerprint density at radius 3 is 1.83 bits per heavy atom. The van der Waals surface area contributed by atoms with Crippen molar-refractivity contribution in [3.63, 3.8) is 0 Å². The SMILES string of the molecule is CC(N)C(=O)NC(CO)C(=O)NC(CCC(=O)O)C(=O)NC(CCCCN)C(=O)O. The number of carbonyl (C=O) groups is 5. The molecule has 0 saturated heterocycles. The van der Waals surface area contributed by atoms with Gasteiger partial charge in [0.2, 0.25) is 17.7 Å². The highest BCUT2D eigenvalue weighted by atomic mass is 16.4. The van der Waals surface area contributed by atoms with Gasteiger partial charge < -0.3 is 42.7 Å². The maximum atomic E-state index is 12.5. The van der Waals surface area contributed by atoms with E-state index >= 15 is 0 Å². The van der Waals surface area contributed by atoms with Crippen LogP contribution in [0.1, 0.15) is 39.0 Å². The molecule has 172 valence electrons. The van der Waals surface area contributed by atoms with Crippen molar-refractivity contribution < 1.29 is 39.3 Å². The molecule has 4 atom stereocenters. The molecule has 0 heterocycles. The second-order valence-corrected chi connectivity index (χ2v) is 6.71. The van der Waals surface area contributed by atoms with Gasteiger partial charge in [-0.1, -0.05) is 0 Å². The van der Waals surface area contributed by atoms with E-state index in [1.54, 1.807) is 0 Å². The van der Waals surface area contributed by atoms with Gasteiger partial charge in [-0.3, -0.25) is 19.2 Å². The third kappa shape index (κ3) is 10.7. The molecule has 0 radical (unpaired) electrons. The fourth-order valence-electron chi connectivity index (χ4n) is 2.33. The zero-order valence-electron chi connectivity index (χ0n) is 16.8. The first-order chi connectivity index (χ1) is 14.0. The number of aliphatic hydroxyl groups is 1. The molecule has 0 bridgehead atoms. The van der Waals surface area contributed by atoms with Crippen LogP contribution in [0.25, 0.3) is 0 Å². The first-order valence-corrected chi connectivity index (χ1v) is 9.45. The van der Waals surface area contributed by atoms with E-state index in [-0.39, 0.29) is 12.8 Å². The predicted molar refractivity (Wildman–Crippen MR) is 104 cm³/mol. The van der Waals surface area contributed by atoms with Gasteiger partial charge in [0.05, 0.1) is 12.6 Å². The van der Waals surface area contributed by atoms with Crippen LogP contribution in [0.2, 0.25) is 0 Å². The van der Waals surface area contributed by atoms with Crippen LogP contribution >= 0.6 is 0 Å². The molecule has 13 nitrogen and oxygen atoms in total. The first-order valence-electron chi connectivity index (χ1n) is 9.45. The highest BCUT2D eigenvalue weighted by Crippen LogP contribution is 2.05. The zero-order chi connectivity index (χ0) is 23.3. The fraction of sp³-hybridized carbons (Fsp3) is 0.706. The van der Waals surface area contributed by atoms with Gasteiger partial charge in [0.25, 0.3) is 0 Å². The lowest BCUT2D eigenvalue weighted by molar-refractivity contribution is -0.143. The summed E-state index contributed by atoms with van der Waals surface area (Å²) in [5.41, 5.74) is 10.7. The second kappa shape index (κ2) is 14.3. The average molecular weight is 433 g/mol. The van der Waals surface area contributed by atoms with Crippen LogP contribution < -0.4 is 27.4 Å². The van der Waals surface area contributed by atoms with Crippen molar-refractivity contribution in [3.05, 3.63) is 0 Å². The van der Waals surface area contributed by atoms with Gasteiger partial charge in [0, 0.05) is 6.42 Å². The molecule has 0 aliphatic rings. The largest absolute Gasteiger partial charge is 0.481 e. The van der Waals surface area contributed by atoms with E-state index in [0.717, 1.165) is 0 Å². The number of nitrogens with one attached hydrogen (secondary N) is 3. The van der Waals surface area contributed by atoms with E-state index in [1.807, 2.05) is 0 Å². The smallest absolute Gasteiger partial charge is 0.326 e. The standard InChI is InChI=1S/C17H31N5O8/c1-9(19)14(26)22-12(8-23)16(28)20-10(5-6-13(24)25)15(27)21-11(17(29)30)4-2-3-7-18/h9-12,23H,2-8,18-19H2,1H3,(H,20,28)(H,21,27)(H,22,26)(H,24,25)(H,29,30). The molecule has 10 N–H and O–H groups in total. The molecule has 13 heteroatoms. The Labute approximate surface area is 173 Å². The third-order valence-electron chi connectivity index (χ3n) is 4.07. The lowest BCUT2D eigenvalue weighted by atomic mass is 10.1. The molecule has 0 aromatic heterocycles. The topological polar surface area (TPSA) is 234 Å². The summed E-state index contributed by atoms with van der Waals surface area (Å²) in [5, 5.41) is 34.2. The molecule has 3 amide bonds. The van der Waals surface area contributed by atoms with Crippen molar-refractivity contribution in [2.75, 3.05) is 13.2 Å². The Kier molecular flexibility index (Phi) is 12.9. The molecule has 30 heavy (non-hydrogen) atoms. The van der Waals surface area contributed by atoms with E-state index < -0.39 is 66.9 Å². The van der Waals surface area contributed by atoms with Gasteiger partial charge in [0.15, 0.2) is 0 Å². The van der Waals surface area contributed by atoms with Crippen molar-refractivity contribution in [2.45, 2.75) is 63.2 Å². The van der Waals surface area contributed by atoms with Crippen LogP contribution in [0.3, 0.4) is 0 Å². The van der Waals surface area contributed by atoms with Crippen LogP contribution in [0.5, 0.6) is 0 Å². The summed E-state index contributed by atoms with van der Waals surface area (Å²) in [5.74, 6) is -5.10. The lowest BCUT2D eigenvalue weighted by Crippen LogP contribution is -2.57. The number of nitrogens with two attached hydrogens (primary N) is 2. The van der Waals surface area contributed by atoms with Crippen LogP contribution in [0, 0.1) is 0 Å². The normalized spacial score (nSPS) is 14.7. The number of rotatable bonds is 15. The Morgan fingerprint density at radius 1 is 0.833 bits per heavy atom. The summed E-state index contributed by atoms with van der Waals surface area (Å²) in [4.78, 5) is 58.7. The number of hydrogen-bond donors (Lipinski definition) is 8. The first kappa shape index (κ1) is 27.2. The molecule has 0 spiro atoms.